The number of hydrogen-bond acceptors (Lipinski definition) is 7. The number of thioether (sulfide) groups is 1. The second-order valence-corrected chi connectivity index (χ2v) is 6.03. The van der Waals surface area contributed by atoms with Gasteiger partial charge in [0.25, 0.3) is 0 Å². The molecule has 3 N–H and O–H groups in total. The fourth-order valence-corrected chi connectivity index (χ4v) is 2.95. The van der Waals surface area contributed by atoms with Crippen molar-refractivity contribution >= 4 is 23.8 Å². The minimum absolute atomic E-state index is 0.144. The van der Waals surface area contributed by atoms with Crippen LogP contribution in [0.15, 0.2) is 46.2 Å². The van der Waals surface area contributed by atoms with E-state index in [4.69, 9.17) is 10.6 Å². The molecule has 118 valence electrons. The highest BCUT2D eigenvalue weighted by Crippen LogP contribution is 2.32. The summed E-state index contributed by atoms with van der Waals surface area (Å²) < 4.78 is 10.5. The van der Waals surface area contributed by atoms with E-state index in [0.29, 0.717) is 11.3 Å². The predicted molar refractivity (Wildman–Crippen MR) is 87.6 cm³/mol. The molecule has 0 saturated heterocycles. The van der Waals surface area contributed by atoms with Crippen LogP contribution < -0.4 is 10.6 Å². The molecule has 0 fully saturated rings. The minimum Gasteiger partial charge on any atom is -0.457 e. The summed E-state index contributed by atoms with van der Waals surface area (Å²) in [6, 6.07) is 11.2. The Bertz CT molecular complexity index is 637. The van der Waals surface area contributed by atoms with Crippen molar-refractivity contribution in [2.24, 2.45) is 5.90 Å². The van der Waals surface area contributed by atoms with E-state index in [-0.39, 0.29) is 6.61 Å². The van der Waals surface area contributed by atoms with Crippen LogP contribution in [0.4, 0.5) is 0 Å². The fourth-order valence-electron chi connectivity index (χ4n) is 1.93. The quantitative estimate of drug-likeness (QED) is 0.344. The Morgan fingerprint density at radius 2 is 2.00 bits per heavy atom. The molecule has 0 amide bonds. The van der Waals surface area contributed by atoms with Crippen molar-refractivity contribution in [3.63, 3.8) is 0 Å². The van der Waals surface area contributed by atoms with Gasteiger partial charge >= 0.3 is 0 Å². The highest BCUT2D eigenvalue weighted by atomic mass is 32.2. The van der Waals surface area contributed by atoms with Crippen molar-refractivity contribution in [2.75, 3.05) is 6.26 Å². The molecular formula is C15H17NO4S2. The van der Waals surface area contributed by atoms with Crippen molar-refractivity contribution in [3.05, 3.63) is 47.5 Å². The maximum Gasteiger partial charge on any atom is 0.133 e. The van der Waals surface area contributed by atoms with Crippen molar-refractivity contribution in [1.29, 1.82) is 0 Å². The Balaban J connectivity index is 2.19. The van der Waals surface area contributed by atoms with E-state index in [9.17, 15) is 5.11 Å². The molecule has 5 nitrogen and oxygen atoms in total. The SMILES string of the molecule is CSc1ccc(Oc2ccc(SOON)cc2CO)cc1C. The van der Waals surface area contributed by atoms with E-state index >= 15 is 0 Å². The number of aliphatic hydroxyl groups excluding tert-OH is 1. The first kappa shape index (κ1) is 17.1. The van der Waals surface area contributed by atoms with Gasteiger partial charge in [0.2, 0.25) is 0 Å². The van der Waals surface area contributed by atoms with E-state index in [1.54, 1.807) is 30.0 Å². The molecule has 2 aromatic rings. The average molecular weight is 339 g/mol. The molecule has 0 heterocycles. The molecule has 22 heavy (non-hydrogen) atoms. The van der Waals surface area contributed by atoms with Crippen LogP contribution in [0.2, 0.25) is 0 Å². The summed E-state index contributed by atoms with van der Waals surface area (Å²) >= 11 is 2.65. The van der Waals surface area contributed by atoms with Crippen LogP contribution in [0.1, 0.15) is 11.1 Å². The molecular weight excluding hydrogens is 322 g/mol. The first-order chi connectivity index (χ1) is 10.7. The summed E-state index contributed by atoms with van der Waals surface area (Å²) in [6.07, 6.45) is 2.04. The number of rotatable bonds is 7. The van der Waals surface area contributed by atoms with Gasteiger partial charge in [0.15, 0.2) is 0 Å². The van der Waals surface area contributed by atoms with Gasteiger partial charge in [-0.2, -0.15) is 5.90 Å². The lowest BCUT2D eigenvalue weighted by Gasteiger charge is -2.12. The van der Waals surface area contributed by atoms with Gasteiger partial charge in [0.05, 0.1) is 18.6 Å². The Kier molecular flexibility index (Phi) is 6.56. The maximum absolute atomic E-state index is 9.49. The second-order valence-electron chi connectivity index (χ2n) is 4.41. The maximum atomic E-state index is 9.49. The van der Waals surface area contributed by atoms with Crippen molar-refractivity contribution in [2.45, 2.75) is 23.3 Å². The number of aliphatic hydroxyl groups is 1. The van der Waals surface area contributed by atoms with E-state index in [1.807, 2.05) is 31.4 Å². The lowest BCUT2D eigenvalue weighted by Crippen LogP contribution is -1.95. The van der Waals surface area contributed by atoms with Gasteiger partial charge in [-0.25, -0.2) is 0 Å². The molecule has 2 rings (SSSR count). The van der Waals surface area contributed by atoms with Crippen molar-refractivity contribution < 1.29 is 19.2 Å². The summed E-state index contributed by atoms with van der Waals surface area (Å²) in [7, 11) is 0. The minimum atomic E-state index is -0.144. The number of hydrogen-bond donors (Lipinski definition) is 2. The third-order valence-electron chi connectivity index (χ3n) is 2.97. The smallest absolute Gasteiger partial charge is 0.133 e. The molecule has 0 bridgehead atoms. The number of benzene rings is 2. The fraction of sp³-hybridized carbons (Fsp3) is 0.200. The Morgan fingerprint density at radius 1 is 1.18 bits per heavy atom. The first-order valence-corrected chi connectivity index (χ1v) is 8.41. The molecule has 7 heteroatoms. The topological polar surface area (TPSA) is 73.9 Å². The molecule has 0 unspecified atom stereocenters. The molecule has 0 saturated carbocycles. The van der Waals surface area contributed by atoms with Crippen LogP contribution in [0, 0.1) is 6.92 Å². The van der Waals surface area contributed by atoms with Gasteiger partial charge in [-0.3, -0.25) is 0 Å². The summed E-state index contributed by atoms with van der Waals surface area (Å²) in [5, 5.41) is 9.49. The van der Waals surface area contributed by atoms with Crippen LogP contribution in [-0.4, -0.2) is 11.4 Å². The number of aryl methyl sites for hydroxylation is 1. The number of ether oxygens (including phenoxy) is 1. The van der Waals surface area contributed by atoms with Gasteiger partial charge in [-0.15, -0.1) is 21.1 Å². The van der Waals surface area contributed by atoms with Crippen LogP contribution in [-0.2, 0) is 15.9 Å². The zero-order valence-corrected chi connectivity index (χ0v) is 13.9. The van der Waals surface area contributed by atoms with Crippen LogP contribution in [0.5, 0.6) is 11.5 Å². The molecule has 0 radical (unpaired) electrons. The molecule has 0 aliphatic heterocycles. The first-order valence-electron chi connectivity index (χ1n) is 6.44. The average Bonchev–Trinajstić information content (AvgIpc) is 2.54. The molecule has 0 atom stereocenters. The van der Waals surface area contributed by atoms with Crippen molar-refractivity contribution in [1.82, 2.24) is 0 Å². The standard InChI is InChI=1S/C15H17NO4S2/c1-10-7-12(3-6-15(10)21-2)18-14-5-4-13(22-20-19-16)8-11(14)9-17/h3-8,17H,9,16H2,1-2H3. The molecule has 0 aromatic heterocycles. The van der Waals surface area contributed by atoms with Gasteiger partial charge < -0.3 is 9.84 Å². The molecule has 2 aromatic carbocycles. The van der Waals surface area contributed by atoms with Crippen molar-refractivity contribution in [3.8, 4) is 11.5 Å². The van der Waals surface area contributed by atoms with Crippen LogP contribution in [0.25, 0.3) is 0 Å². The van der Waals surface area contributed by atoms with Gasteiger partial charge in [0.1, 0.15) is 11.5 Å². The van der Waals surface area contributed by atoms with Gasteiger partial charge in [-0.1, -0.05) is 0 Å². The third kappa shape index (κ3) is 4.39. The van der Waals surface area contributed by atoms with Gasteiger partial charge in [0, 0.05) is 15.4 Å². The molecule has 0 aliphatic rings. The normalized spacial score (nSPS) is 10.7. The lowest BCUT2D eigenvalue weighted by atomic mass is 10.2. The summed E-state index contributed by atoms with van der Waals surface area (Å²) in [4.78, 5) is 6.00. The largest absolute Gasteiger partial charge is 0.457 e. The highest BCUT2D eigenvalue weighted by molar-refractivity contribution is 7.98. The van der Waals surface area contributed by atoms with Crippen LogP contribution >= 0.6 is 23.8 Å². The zero-order valence-electron chi connectivity index (χ0n) is 12.2. The Labute approximate surface area is 137 Å². The summed E-state index contributed by atoms with van der Waals surface area (Å²) in [5.74, 6) is 6.12. The summed E-state index contributed by atoms with van der Waals surface area (Å²) in [6.45, 7) is 1.89. The molecule has 0 aliphatic carbocycles. The lowest BCUT2D eigenvalue weighted by molar-refractivity contribution is -0.195. The van der Waals surface area contributed by atoms with E-state index in [0.717, 1.165) is 28.3 Å². The zero-order chi connectivity index (χ0) is 15.9. The van der Waals surface area contributed by atoms with Crippen LogP contribution in [0.3, 0.4) is 0 Å². The Morgan fingerprint density at radius 3 is 2.64 bits per heavy atom. The summed E-state index contributed by atoms with van der Waals surface area (Å²) in [5.41, 5.74) is 1.80. The predicted octanol–water partition coefficient (Wildman–Crippen LogP) is 3.83. The van der Waals surface area contributed by atoms with E-state index < -0.39 is 0 Å². The molecule has 0 spiro atoms. The van der Waals surface area contributed by atoms with E-state index in [2.05, 4.69) is 9.32 Å². The van der Waals surface area contributed by atoms with Gasteiger partial charge in [-0.05, 0) is 55.1 Å². The number of nitrogens with two attached hydrogens (primary N) is 1. The highest BCUT2D eigenvalue weighted by Gasteiger charge is 2.08. The Hall–Kier alpha value is -1.22. The monoisotopic (exact) mass is 339 g/mol. The second kappa shape index (κ2) is 8.42. The van der Waals surface area contributed by atoms with E-state index in [1.165, 1.54) is 4.90 Å². The third-order valence-corrected chi connectivity index (χ3v) is 4.46.